The first-order valence-electron chi connectivity index (χ1n) is 8.20. The maximum Gasteiger partial charge on any atom is 0.310 e. The SMILES string of the molecule is C=C(O)c1ccccc1O.CC(C)Cc1ccc(C(C)C(=O)O)cc1. The van der Waals surface area contributed by atoms with E-state index in [0.29, 0.717) is 11.5 Å². The quantitative estimate of drug-likeness (QED) is 0.669. The van der Waals surface area contributed by atoms with Crippen LogP contribution in [0, 0.1) is 5.92 Å². The molecule has 134 valence electrons. The van der Waals surface area contributed by atoms with Crippen LogP contribution in [0.5, 0.6) is 5.75 Å². The lowest BCUT2D eigenvalue weighted by Gasteiger charge is -2.09. The molecule has 4 heteroatoms. The number of phenols is 1. The van der Waals surface area contributed by atoms with Crippen LogP contribution < -0.4 is 0 Å². The van der Waals surface area contributed by atoms with Gasteiger partial charge >= 0.3 is 5.97 Å². The molecule has 0 aromatic heterocycles. The maximum absolute atomic E-state index is 10.8. The lowest BCUT2D eigenvalue weighted by atomic mass is 9.97. The number of carboxylic acid groups (broad SMARTS) is 1. The number of hydrogen-bond donors (Lipinski definition) is 3. The van der Waals surface area contributed by atoms with Crippen molar-refractivity contribution in [1.29, 1.82) is 0 Å². The number of phenolic OH excluding ortho intramolecular Hbond substituents is 1. The second-order valence-electron chi connectivity index (χ2n) is 6.36. The Kier molecular flexibility index (Phi) is 7.73. The van der Waals surface area contributed by atoms with Gasteiger partial charge < -0.3 is 15.3 Å². The highest BCUT2D eigenvalue weighted by molar-refractivity contribution is 5.75. The lowest BCUT2D eigenvalue weighted by Crippen LogP contribution is -2.07. The van der Waals surface area contributed by atoms with Crippen LogP contribution in [-0.2, 0) is 11.2 Å². The molecule has 0 fully saturated rings. The van der Waals surface area contributed by atoms with Crippen molar-refractivity contribution in [1.82, 2.24) is 0 Å². The highest BCUT2D eigenvalue weighted by Crippen LogP contribution is 2.20. The number of aliphatic carboxylic acids is 1. The zero-order valence-corrected chi connectivity index (χ0v) is 14.9. The number of aliphatic hydroxyl groups excluding tert-OH is 1. The number of carbonyl (C=O) groups is 1. The van der Waals surface area contributed by atoms with Gasteiger partial charge in [0.15, 0.2) is 0 Å². The van der Waals surface area contributed by atoms with E-state index in [1.165, 1.54) is 11.6 Å². The number of aromatic hydroxyl groups is 1. The van der Waals surface area contributed by atoms with Gasteiger partial charge in [-0.2, -0.15) is 0 Å². The molecule has 4 nitrogen and oxygen atoms in total. The predicted molar refractivity (Wildman–Crippen MR) is 101 cm³/mol. The summed E-state index contributed by atoms with van der Waals surface area (Å²) >= 11 is 0. The Bertz CT molecular complexity index is 702. The molecule has 0 heterocycles. The second-order valence-corrected chi connectivity index (χ2v) is 6.36. The summed E-state index contributed by atoms with van der Waals surface area (Å²) in [5.74, 6) is -0.620. The Morgan fingerprint density at radius 1 is 1.00 bits per heavy atom. The third-order valence-corrected chi connectivity index (χ3v) is 3.71. The summed E-state index contributed by atoms with van der Waals surface area (Å²) in [6, 6.07) is 14.4. The fourth-order valence-corrected chi connectivity index (χ4v) is 2.27. The van der Waals surface area contributed by atoms with Gasteiger partial charge in [0, 0.05) is 0 Å². The zero-order chi connectivity index (χ0) is 19.0. The smallest absolute Gasteiger partial charge is 0.310 e. The van der Waals surface area contributed by atoms with E-state index in [0.717, 1.165) is 12.0 Å². The van der Waals surface area contributed by atoms with Gasteiger partial charge in [0.2, 0.25) is 0 Å². The Labute approximate surface area is 149 Å². The minimum atomic E-state index is -0.772. The molecule has 0 aliphatic rings. The van der Waals surface area contributed by atoms with Crippen molar-refractivity contribution < 1.29 is 20.1 Å². The Balaban J connectivity index is 0.000000271. The molecule has 0 aliphatic heterocycles. The van der Waals surface area contributed by atoms with Crippen molar-refractivity contribution in [2.75, 3.05) is 0 Å². The molecular formula is C21H26O4. The van der Waals surface area contributed by atoms with E-state index in [1.807, 2.05) is 24.3 Å². The third kappa shape index (κ3) is 6.71. The fraction of sp³-hybridized carbons (Fsp3) is 0.286. The van der Waals surface area contributed by atoms with E-state index in [9.17, 15) is 4.79 Å². The summed E-state index contributed by atoms with van der Waals surface area (Å²) in [7, 11) is 0. The number of benzene rings is 2. The lowest BCUT2D eigenvalue weighted by molar-refractivity contribution is -0.138. The molecule has 2 aromatic rings. The van der Waals surface area contributed by atoms with E-state index >= 15 is 0 Å². The van der Waals surface area contributed by atoms with E-state index < -0.39 is 11.9 Å². The predicted octanol–water partition coefficient (Wildman–Crippen LogP) is 4.99. The standard InChI is InChI=1S/C13H18O2.C8H8O2/c1-9(2)8-11-4-6-12(7-5-11)10(3)13(14)15;1-6(9)7-4-2-3-5-8(7)10/h4-7,9-10H,8H2,1-3H3,(H,14,15);2-5,9-10H,1H2. The Morgan fingerprint density at radius 2 is 1.56 bits per heavy atom. The van der Waals surface area contributed by atoms with E-state index in [-0.39, 0.29) is 11.5 Å². The summed E-state index contributed by atoms with van der Waals surface area (Å²) in [6.07, 6.45) is 1.04. The van der Waals surface area contributed by atoms with E-state index in [2.05, 4.69) is 20.4 Å². The van der Waals surface area contributed by atoms with Crippen molar-refractivity contribution in [3.63, 3.8) is 0 Å². The summed E-state index contributed by atoms with van der Waals surface area (Å²) in [5, 5.41) is 26.8. The molecule has 3 N–H and O–H groups in total. The molecule has 2 aromatic carbocycles. The number of hydrogen-bond acceptors (Lipinski definition) is 3. The Morgan fingerprint density at radius 3 is 1.96 bits per heavy atom. The minimum absolute atomic E-state index is 0.0509. The van der Waals surface area contributed by atoms with Gasteiger partial charge in [-0.05, 0) is 42.5 Å². The molecular weight excluding hydrogens is 316 g/mol. The molecule has 1 atom stereocenters. The van der Waals surface area contributed by atoms with Gasteiger partial charge in [-0.3, -0.25) is 4.79 Å². The largest absolute Gasteiger partial charge is 0.508 e. The molecule has 0 saturated carbocycles. The van der Waals surface area contributed by atoms with Gasteiger partial charge in [0.25, 0.3) is 0 Å². The first-order valence-corrected chi connectivity index (χ1v) is 8.20. The van der Waals surface area contributed by atoms with Crippen LogP contribution in [-0.4, -0.2) is 21.3 Å². The Hall–Kier alpha value is -2.75. The van der Waals surface area contributed by atoms with Crippen LogP contribution in [0.1, 0.15) is 43.4 Å². The van der Waals surface area contributed by atoms with Gasteiger partial charge in [0.05, 0.1) is 11.5 Å². The van der Waals surface area contributed by atoms with Crippen LogP contribution in [0.15, 0.2) is 55.1 Å². The van der Waals surface area contributed by atoms with Gasteiger partial charge in [-0.15, -0.1) is 0 Å². The third-order valence-electron chi connectivity index (χ3n) is 3.71. The minimum Gasteiger partial charge on any atom is -0.508 e. The number of carboxylic acids is 1. The van der Waals surface area contributed by atoms with Crippen LogP contribution in [0.3, 0.4) is 0 Å². The molecule has 0 saturated heterocycles. The number of para-hydroxylation sites is 1. The van der Waals surface area contributed by atoms with Crippen LogP contribution in [0.25, 0.3) is 5.76 Å². The van der Waals surface area contributed by atoms with Crippen molar-refractivity contribution in [2.45, 2.75) is 33.1 Å². The monoisotopic (exact) mass is 342 g/mol. The molecule has 0 bridgehead atoms. The number of aliphatic hydroxyl groups is 1. The van der Waals surface area contributed by atoms with E-state index in [4.69, 9.17) is 15.3 Å². The second kappa shape index (κ2) is 9.52. The average Bonchev–Trinajstić information content (AvgIpc) is 2.55. The zero-order valence-electron chi connectivity index (χ0n) is 14.9. The molecule has 0 spiro atoms. The molecule has 25 heavy (non-hydrogen) atoms. The first kappa shape index (κ1) is 20.3. The molecule has 0 aliphatic carbocycles. The maximum atomic E-state index is 10.8. The van der Waals surface area contributed by atoms with Crippen LogP contribution in [0.2, 0.25) is 0 Å². The van der Waals surface area contributed by atoms with Crippen molar-refractivity contribution in [2.24, 2.45) is 5.92 Å². The van der Waals surface area contributed by atoms with Gasteiger partial charge in [0.1, 0.15) is 11.5 Å². The normalized spacial score (nSPS) is 11.4. The topological polar surface area (TPSA) is 77.8 Å². The molecule has 2 rings (SSSR count). The van der Waals surface area contributed by atoms with Crippen LogP contribution in [0.4, 0.5) is 0 Å². The highest BCUT2D eigenvalue weighted by Gasteiger charge is 2.12. The molecule has 0 radical (unpaired) electrons. The van der Waals surface area contributed by atoms with Crippen molar-refractivity contribution in [3.05, 3.63) is 71.8 Å². The van der Waals surface area contributed by atoms with Gasteiger partial charge in [-0.1, -0.05) is 56.8 Å². The summed E-state index contributed by atoms with van der Waals surface area (Å²) in [5.41, 5.74) is 2.52. The van der Waals surface area contributed by atoms with Gasteiger partial charge in [-0.25, -0.2) is 0 Å². The van der Waals surface area contributed by atoms with E-state index in [1.54, 1.807) is 25.1 Å². The fourth-order valence-electron chi connectivity index (χ4n) is 2.27. The van der Waals surface area contributed by atoms with Crippen molar-refractivity contribution >= 4 is 11.7 Å². The summed E-state index contributed by atoms with van der Waals surface area (Å²) in [6.45, 7) is 9.34. The summed E-state index contributed by atoms with van der Waals surface area (Å²) in [4.78, 5) is 10.8. The molecule has 0 amide bonds. The van der Waals surface area contributed by atoms with Crippen molar-refractivity contribution in [3.8, 4) is 5.75 Å². The average molecular weight is 342 g/mol. The molecule has 1 unspecified atom stereocenters. The highest BCUT2D eigenvalue weighted by atomic mass is 16.4. The van der Waals surface area contributed by atoms with Crippen LogP contribution >= 0.6 is 0 Å². The number of rotatable bonds is 5. The summed E-state index contributed by atoms with van der Waals surface area (Å²) < 4.78 is 0. The first-order chi connectivity index (χ1) is 11.7.